The van der Waals surface area contributed by atoms with Crippen molar-refractivity contribution < 1.29 is 24.2 Å². The number of hydrogen-bond acceptors (Lipinski definition) is 8. The fourth-order valence-electron chi connectivity index (χ4n) is 5.15. The molecule has 1 aromatic heterocycles. The Hall–Kier alpha value is -3.69. The maximum Gasteiger partial charge on any atom is 0.290 e. The summed E-state index contributed by atoms with van der Waals surface area (Å²) in [5, 5.41) is 11.9. The molecule has 2 heterocycles. The first-order chi connectivity index (χ1) is 19.8. The minimum absolute atomic E-state index is 0.0741. The van der Waals surface area contributed by atoms with Crippen LogP contribution in [0.1, 0.15) is 64.7 Å². The number of amides is 1. The number of aliphatic hydroxyl groups is 1. The quantitative estimate of drug-likeness (QED) is 0.233. The second-order valence-corrected chi connectivity index (χ2v) is 11.1. The van der Waals surface area contributed by atoms with E-state index in [2.05, 4.69) is 23.7 Å². The van der Waals surface area contributed by atoms with Crippen LogP contribution in [-0.2, 0) is 11.4 Å². The van der Waals surface area contributed by atoms with Gasteiger partial charge in [-0.25, -0.2) is 4.98 Å². The highest BCUT2D eigenvalue weighted by Crippen LogP contribution is 2.42. The first kappa shape index (κ1) is 30.3. The van der Waals surface area contributed by atoms with E-state index in [4.69, 9.17) is 9.47 Å². The van der Waals surface area contributed by atoms with Gasteiger partial charge in [-0.2, -0.15) is 0 Å². The van der Waals surface area contributed by atoms with Gasteiger partial charge in [-0.05, 0) is 70.1 Å². The van der Waals surface area contributed by atoms with Crippen molar-refractivity contribution in [2.45, 2.75) is 53.7 Å². The fraction of sp³-hybridized carbons (Fsp3) is 0.406. The molecule has 218 valence electrons. The molecule has 0 spiro atoms. The molecule has 4 rings (SSSR count). The van der Waals surface area contributed by atoms with Gasteiger partial charge in [-0.1, -0.05) is 50.2 Å². The summed E-state index contributed by atoms with van der Waals surface area (Å²) in [6.07, 6.45) is 0.702. The van der Waals surface area contributed by atoms with Crippen molar-refractivity contribution in [3.63, 3.8) is 0 Å². The molecule has 0 saturated carbocycles. The van der Waals surface area contributed by atoms with Crippen molar-refractivity contribution in [1.29, 1.82) is 0 Å². The molecule has 0 saturated heterocycles. The molecule has 8 nitrogen and oxygen atoms in total. The van der Waals surface area contributed by atoms with Crippen LogP contribution in [0.25, 0.3) is 0 Å². The highest BCUT2D eigenvalue weighted by molar-refractivity contribution is 7.14. The molecular formula is C32H39N3O5S. The molecule has 41 heavy (non-hydrogen) atoms. The predicted octanol–water partition coefficient (Wildman–Crippen LogP) is 6.05. The van der Waals surface area contributed by atoms with E-state index in [0.29, 0.717) is 53.8 Å². The standard InChI is InChI=1S/C32H39N3O5S/c1-6-34(7-2)17-12-18-35-28(27(30(37)32(35)38)29(36)31-21(4)33-22(5)41-31)24-15-16-25(26(19-24)39-8-3)40-20-23-13-10-9-11-14-23/h9-11,13-16,19,28,37H,6-8,12,17-18,20H2,1-5H3. The van der Waals surface area contributed by atoms with Gasteiger partial charge in [0.1, 0.15) is 6.61 Å². The summed E-state index contributed by atoms with van der Waals surface area (Å²) < 4.78 is 12.0. The Bertz CT molecular complexity index is 1400. The Balaban J connectivity index is 1.71. The largest absolute Gasteiger partial charge is 0.503 e. The first-order valence-corrected chi connectivity index (χ1v) is 15.0. The highest BCUT2D eigenvalue weighted by atomic mass is 32.1. The molecule has 0 bridgehead atoms. The number of carbonyl (C=O) groups is 2. The van der Waals surface area contributed by atoms with Gasteiger partial charge in [0.05, 0.1) is 33.8 Å². The summed E-state index contributed by atoms with van der Waals surface area (Å²) in [4.78, 5) is 36.1. The highest BCUT2D eigenvalue weighted by Gasteiger charge is 2.44. The van der Waals surface area contributed by atoms with E-state index < -0.39 is 17.7 Å². The number of nitrogens with zero attached hydrogens (tertiary/aromatic N) is 3. The number of hydrogen-bond donors (Lipinski definition) is 1. The molecule has 0 radical (unpaired) electrons. The van der Waals surface area contributed by atoms with Gasteiger partial charge in [0.25, 0.3) is 5.91 Å². The van der Waals surface area contributed by atoms with Crippen LogP contribution in [0, 0.1) is 13.8 Å². The normalized spacial score (nSPS) is 15.2. The topological polar surface area (TPSA) is 92.2 Å². The molecule has 2 aromatic carbocycles. The van der Waals surface area contributed by atoms with E-state index in [1.54, 1.807) is 17.9 Å². The van der Waals surface area contributed by atoms with Crippen LogP contribution >= 0.6 is 11.3 Å². The SMILES string of the molecule is CCOc1cc(C2C(C(=O)c3sc(C)nc3C)=C(O)C(=O)N2CCCN(CC)CC)ccc1OCc1ccccc1. The van der Waals surface area contributed by atoms with Crippen LogP contribution in [0.5, 0.6) is 11.5 Å². The molecule has 1 atom stereocenters. The van der Waals surface area contributed by atoms with Crippen LogP contribution < -0.4 is 9.47 Å². The molecule has 0 fully saturated rings. The molecule has 0 aliphatic carbocycles. The van der Waals surface area contributed by atoms with Gasteiger partial charge < -0.3 is 24.4 Å². The van der Waals surface area contributed by atoms with E-state index >= 15 is 0 Å². The lowest BCUT2D eigenvalue weighted by atomic mass is 9.94. The Morgan fingerprint density at radius 3 is 2.41 bits per heavy atom. The molecule has 9 heteroatoms. The van der Waals surface area contributed by atoms with Crippen LogP contribution in [-0.4, -0.2) is 64.4 Å². The zero-order valence-corrected chi connectivity index (χ0v) is 25.3. The number of thiazole rings is 1. The lowest BCUT2D eigenvalue weighted by molar-refractivity contribution is -0.129. The van der Waals surface area contributed by atoms with Crippen LogP contribution in [0.3, 0.4) is 0 Å². The molecule has 1 N–H and O–H groups in total. The van der Waals surface area contributed by atoms with Gasteiger partial charge >= 0.3 is 0 Å². The van der Waals surface area contributed by atoms with Crippen LogP contribution in [0.4, 0.5) is 0 Å². The zero-order valence-electron chi connectivity index (χ0n) is 24.5. The van der Waals surface area contributed by atoms with Crippen LogP contribution in [0.2, 0.25) is 0 Å². The maximum atomic E-state index is 13.9. The van der Waals surface area contributed by atoms with E-state index in [-0.39, 0.29) is 11.4 Å². The van der Waals surface area contributed by atoms with Crippen molar-refractivity contribution in [1.82, 2.24) is 14.8 Å². The number of Topliss-reactive ketones (excluding diaryl/α,β-unsaturated/α-hetero) is 1. The number of aryl methyl sites for hydroxylation is 2. The minimum Gasteiger partial charge on any atom is -0.503 e. The smallest absolute Gasteiger partial charge is 0.290 e. The monoisotopic (exact) mass is 577 g/mol. The summed E-state index contributed by atoms with van der Waals surface area (Å²) in [6, 6.07) is 14.6. The number of rotatable bonds is 14. The number of ketones is 1. The maximum absolute atomic E-state index is 13.9. The van der Waals surface area contributed by atoms with Gasteiger partial charge in [0.15, 0.2) is 17.3 Å². The number of aromatic nitrogens is 1. The van der Waals surface area contributed by atoms with Gasteiger partial charge in [0, 0.05) is 6.54 Å². The number of ether oxygens (including phenoxy) is 2. The Kier molecular flexibility index (Phi) is 10.2. The molecule has 1 unspecified atom stereocenters. The van der Waals surface area contributed by atoms with Crippen molar-refractivity contribution in [3.8, 4) is 11.5 Å². The molecule has 1 aliphatic rings. The third kappa shape index (κ3) is 6.80. The van der Waals surface area contributed by atoms with Crippen molar-refractivity contribution in [2.75, 3.05) is 32.8 Å². The first-order valence-electron chi connectivity index (χ1n) is 14.2. The average molecular weight is 578 g/mol. The summed E-state index contributed by atoms with van der Waals surface area (Å²) in [5.74, 6) is -0.348. The summed E-state index contributed by atoms with van der Waals surface area (Å²) in [6.45, 7) is 13.5. The molecule has 1 amide bonds. The Morgan fingerprint density at radius 2 is 1.78 bits per heavy atom. The second-order valence-electron chi connectivity index (χ2n) is 9.93. The minimum atomic E-state index is -0.768. The van der Waals surface area contributed by atoms with Crippen LogP contribution in [0.15, 0.2) is 59.9 Å². The van der Waals surface area contributed by atoms with E-state index in [1.807, 2.05) is 56.3 Å². The van der Waals surface area contributed by atoms with Gasteiger partial charge in [0.2, 0.25) is 5.78 Å². The van der Waals surface area contributed by atoms with Crippen molar-refractivity contribution >= 4 is 23.0 Å². The van der Waals surface area contributed by atoms with Gasteiger partial charge in [-0.3, -0.25) is 9.59 Å². The van der Waals surface area contributed by atoms with E-state index in [9.17, 15) is 14.7 Å². The summed E-state index contributed by atoms with van der Waals surface area (Å²) in [5.41, 5.74) is 2.35. The second kappa shape index (κ2) is 13.8. The predicted molar refractivity (Wildman–Crippen MR) is 161 cm³/mol. The lowest BCUT2D eigenvalue weighted by Gasteiger charge is -2.28. The number of benzene rings is 2. The third-order valence-corrected chi connectivity index (χ3v) is 8.32. The van der Waals surface area contributed by atoms with Gasteiger partial charge in [-0.15, -0.1) is 11.3 Å². The van der Waals surface area contributed by atoms with E-state index in [0.717, 1.165) is 30.2 Å². The Morgan fingerprint density at radius 1 is 1.05 bits per heavy atom. The number of aliphatic hydroxyl groups excluding tert-OH is 1. The zero-order chi connectivity index (χ0) is 29.5. The Labute approximate surface area is 246 Å². The fourth-order valence-corrected chi connectivity index (χ4v) is 6.02. The lowest BCUT2D eigenvalue weighted by Crippen LogP contribution is -2.34. The summed E-state index contributed by atoms with van der Waals surface area (Å²) in [7, 11) is 0. The molecule has 1 aliphatic heterocycles. The van der Waals surface area contributed by atoms with Crippen molar-refractivity contribution in [2.24, 2.45) is 0 Å². The molecule has 3 aromatic rings. The third-order valence-electron chi connectivity index (χ3n) is 7.25. The molecular weight excluding hydrogens is 538 g/mol. The summed E-state index contributed by atoms with van der Waals surface area (Å²) >= 11 is 1.27. The number of carbonyl (C=O) groups excluding carboxylic acids is 2. The van der Waals surface area contributed by atoms with Crippen molar-refractivity contribution in [3.05, 3.63) is 86.6 Å². The van der Waals surface area contributed by atoms with E-state index in [1.165, 1.54) is 11.3 Å². The average Bonchev–Trinajstić information content (AvgIpc) is 3.45.